The third kappa shape index (κ3) is 4.33. The Balaban J connectivity index is 1.82. The van der Waals surface area contributed by atoms with Crippen LogP contribution in [0, 0.1) is 5.82 Å². The first kappa shape index (κ1) is 17.4. The van der Waals surface area contributed by atoms with Gasteiger partial charge in [0.15, 0.2) is 11.6 Å². The van der Waals surface area contributed by atoms with Crippen LogP contribution in [0.2, 0.25) is 0 Å². The maximum Gasteiger partial charge on any atom is 0.254 e. The molecule has 0 radical (unpaired) electrons. The number of pyridine rings is 1. The monoisotopic (exact) mass is 344 g/mol. The molecule has 1 saturated heterocycles. The summed E-state index contributed by atoms with van der Waals surface area (Å²) in [4.78, 5) is 18.7. The number of hydrogen-bond donors (Lipinski definition) is 0. The summed E-state index contributed by atoms with van der Waals surface area (Å²) >= 11 is 0. The van der Waals surface area contributed by atoms with Crippen LogP contribution in [-0.2, 0) is 11.3 Å². The zero-order chi connectivity index (χ0) is 17.6. The van der Waals surface area contributed by atoms with Crippen molar-refractivity contribution in [3.63, 3.8) is 0 Å². The molecule has 1 aromatic heterocycles. The van der Waals surface area contributed by atoms with Gasteiger partial charge in [0, 0.05) is 37.7 Å². The van der Waals surface area contributed by atoms with Crippen molar-refractivity contribution in [1.29, 1.82) is 0 Å². The predicted octanol–water partition coefficient (Wildman–Crippen LogP) is 3.05. The van der Waals surface area contributed by atoms with Crippen LogP contribution in [0.3, 0.4) is 0 Å². The van der Waals surface area contributed by atoms with Gasteiger partial charge in [-0.25, -0.2) is 4.39 Å². The van der Waals surface area contributed by atoms with E-state index < -0.39 is 5.82 Å². The third-order valence-corrected chi connectivity index (χ3v) is 4.26. The number of nitrogens with zero attached hydrogens (tertiary/aromatic N) is 2. The Labute approximate surface area is 146 Å². The van der Waals surface area contributed by atoms with Gasteiger partial charge in [0.2, 0.25) is 0 Å². The largest absolute Gasteiger partial charge is 0.494 e. The molecule has 6 heteroatoms. The molecule has 3 rings (SSSR count). The molecule has 1 fully saturated rings. The van der Waals surface area contributed by atoms with Gasteiger partial charge in [-0.15, -0.1) is 0 Å². The summed E-state index contributed by atoms with van der Waals surface area (Å²) in [6.07, 6.45) is 5.38. The van der Waals surface area contributed by atoms with Crippen LogP contribution < -0.4 is 4.74 Å². The van der Waals surface area contributed by atoms with E-state index in [1.807, 2.05) is 12.1 Å². The van der Waals surface area contributed by atoms with Crippen LogP contribution in [-0.4, -0.2) is 42.2 Å². The van der Waals surface area contributed by atoms with E-state index in [1.54, 1.807) is 17.3 Å². The first-order valence-corrected chi connectivity index (χ1v) is 8.30. The zero-order valence-electron chi connectivity index (χ0n) is 14.2. The van der Waals surface area contributed by atoms with Crippen LogP contribution in [0.4, 0.5) is 4.39 Å². The van der Waals surface area contributed by atoms with E-state index in [2.05, 4.69) is 4.98 Å². The average Bonchev–Trinajstić information content (AvgIpc) is 3.15. The molecule has 1 amide bonds. The lowest BCUT2D eigenvalue weighted by Gasteiger charge is -2.26. The van der Waals surface area contributed by atoms with Gasteiger partial charge in [-0.05, 0) is 48.7 Å². The summed E-state index contributed by atoms with van der Waals surface area (Å²) in [6.45, 7) is 1.67. The quantitative estimate of drug-likeness (QED) is 0.808. The highest BCUT2D eigenvalue weighted by Gasteiger charge is 2.24. The third-order valence-electron chi connectivity index (χ3n) is 4.26. The minimum absolute atomic E-state index is 0.0353. The number of rotatable bonds is 6. The molecule has 0 bridgehead atoms. The van der Waals surface area contributed by atoms with Crippen LogP contribution >= 0.6 is 0 Å². The van der Waals surface area contributed by atoms with Gasteiger partial charge in [-0.1, -0.05) is 0 Å². The smallest absolute Gasteiger partial charge is 0.254 e. The highest BCUT2D eigenvalue weighted by atomic mass is 19.1. The second-order valence-corrected chi connectivity index (χ2v) is 6.03. The normalized spacial score (nSPS) is 16.6. The van der Waals surface area contributed by atoms with E-state index in [0.717, 1.165) is 25.0 Å². The van der Waals surface area contributed by atoms with E-state index in [1.165, 1.54) is 25.3 Å². The number of carbonyl (C=O) groups is 1. The van der Waals surface area contributed by atoms with Gasteiger partial charge >= 0.3 is 0 Å². The Morgan fingerprint density at radius 3 is 2.84 bits per heavy atom. The lowest BCUT2D eigenvalue weighted by atomic mass is 10.1. The van der Waals surface area contributed by atoms with Crippen molar-refractivity contribution in [3.05, 3.63) is 59.7 Å². The summed E-state index contributed by atoms with van der Waals surface area (Å²) in [5.74, 6) is -0.601. The summed E-state index contributed by atoms with van der Waals surface area (Å²) in [5.41, 5.74) is 1.38. The number of methoxy groups -OCH3 is 1. The van der Waals surface area contributed by atoms with E-state index in [4.69, 9.17) is 9.47 Å². The number of ether oxygens (including phenoxy) is 2. The second-order valence-electron chi connectivity index (χ2n) is 6.03. The Morgan fingerprint density at radius 2 is 2.16 bits per heavy atom. The molecule has 5 nitrogen and oxygen atoms in total. The molecular weight excluding hydrogens is 323 g/mol. The van der Waals surface area contributed by atoms with E-state index >= 15 is 0 Å². The van der Waals surface area contributed by atoms with Crippen LogP contribution in [0.25, 0.3) is 0 Å². The molecule has 2 aromatic rings. The molecule has 2 heterocycles. The fraction of sp³-hybridized carbons (Fsp3) is 0.368. The molecule has 1 aliphatic rings. The fourth-order valence-electron chi connectivity index (χ4n) is 2.94. The molecule has 0 saturated carbocycles. The standard InChI is InChI=1S/C19H21FN2O3/c1-24-18-11-15(4-5-17(18)20)19(23)22(13-16-3-2-10-25-16)12-14-6-8-21-9-7-14/h4-9,11,16H,2-3,10,12-13H2,1H3/t16-/m0/s1. The Hall–Kier alpha value is -2.47. The highest BCUT2D eigenvalue weighted by molar-refractivity contribution is 5.94. The van der Waals surface area contributed by atoms with Gasteiger partial charge < -0.3 is 14.4 Å². The van der Waals surface area contributed by atoms with E-state index in [9.17, 15) is 9.18 Å². The van der Waals surface area contributed by atoms with E-state index in [-0.39, 0.29) is 17.8 Å². The van der Waals surface area contributed by atoms with Gasteiger partial charge in [-0.3, -0.25) is 9.78 Å². The molecule has 1 atom stereocenters. The molecule has 132 valence electrons. The van der Waals surface area contributed by atoms with Crippen LogP contribution in [0.5, 0.6) is 5.75 Å². The topological polar surface area (TPSA) is 51.7 Å². The molecule has 1 aliphatic heterocycles. The van der Waals surface area contributed by atoms with Gasteiger partial charge in [-0.2, -0.15) is 0 Å². The van der Waals surface area contributed by atoms with Crippen molar-refractivity contribution >= 4 is 5.91 Å². The Morgan fingerprint density at radius 1 is 1.36 bits per heavy atom. The van der Waals surface area contributed by atoms with Crippen LogP contribution in [0.1, 0.15) is 28.8 Å². The maximum absolute atomic E-state index is 13.6. The van der Waals surface area contributed by atoms with Gasteiger partial charge in [0.25, 0.3) is 5.91 Å². The molecular formula is C19H21FN2O3. The second kappa shape index (κ2) is 8.07. The first-order valence-electron chi connectivity index (χ1n) is 8.30. The summed E-state index contributed by atoms with van der Waals surface area (Å²) in [7, 11) is 1.38. The minimum Gasteiger partial charge on any atom is -0.494 e. The molecule has 0 N–H and O–H groups in total. The summed E-state index contributed by atoms with van der Waals surface area (Å²) < 4.78 is 24.3. The number of carbonyl (C=O) groups excluding carboxylic acids is 1. The average molecular weight is 344 g/mol. The zero-order valence-corrected chi connectivity index (χ0v) is 14.2. The summed E-state index contributed by atoms with van der Waals surface area (Å²) in [5, 5.41) is 0. The van der Waals surface area contributed by atoms with E-state index in [0.29, 0.717) is 18.7 Å². The lowest BCUT2D eigenvalue weighted by Crippen LogP contribution is -2.37. The number of amides is 1. The molecule has 0 unspecified atom stereocenters. The Kier molecular flexibility index (Phi) is 5.60. The number of benzene rings is 1. The van der Waals surface area contributed by atoms with Crippen LogP contribution in [0.15, 0.2) is 42.7 Å². The maximum atomic E-state index is 13.6. The van der Waals surface area contributed by atoms with Crippen molar-refractivity contribution in [2.24, 2.45) is 0 Å². The first-order chi connectivity index (χ1) is 12.2. The van der Waals surface area contributed by atoms with Crippen molar-refractivity contribution in [2.45, 2.75) is 25.5 Å². The molecule has 1 aromatic carbocycles. The van der Waals surface area contributed by atoms with Gasteiger partial charge in [0.1, 0.15) is 0 Å². The fourth-order valence-corrected chi connectivity index (χ4v) is 2.94. The van der Waals surface area contributed by atoms with Crippen molar-refractivity contribution in [1.82, 2.24) is 9.88 Å². The van der Waals surface area contributed by atoms with Crippen molar-refractivity contribution < 1.29 is 18.7 Å². The van der Waals surface area contributed by atoms with Crippen molar-refractivity contribution in [2.75, 3.05) is 20.3 Å². The predicted molar refractivity (Wildman–Crippen MR) is 90.9 cm³/mol. The lowest BCUT2D eigenvalue weighted by molar-refractivity contribution is 0.0507. The number of aromatic nitrogens is 1. The minimum atomic E-state index is -0.487. The highest BCUT2D eigenvalue weighted by Crippen LogP contribution is 2.21. The Bertz CT molecular complexity index is 718. The van der Waals surface area contributed by atoms with Crippen molar-refractivity contribution in [3.8, 4) is 5.75 Å². The molecule has 0 aliphatic carbocycles. The van der Waals surface area contributed by atoms with Gasteiger partial charge in [0.05, 0.1) is 13.2 Å². The number of hydrogen-bond acceptors (Lipinski definition) is 4. The molecule has 0 spiro atoms. The summed E-state index contributed by atoms with van der Waals surface area (Å²) in [6, 6.07) is 7.92. The number of halogens is 1. The molecule has 25 heavy (non-hydrogen) atoms. The SMILES string of the molecule is COc1cc(C(=O)N(Cc2ccncc2)C[C@@H]2CCCO2)ccc1F.